The van der Waals surface area contributed by atoms with Crippen LogP contribution in [0.5, 0.6) is 23.5 Å². The third kappa shape index (κ3) is 35.8. The lowest BCUT2D eigenvalue weighted by Crippen LogP contribution is -2.43. The summed E-state index contributed by atoms with van der Waals surface area (Å²) < 4.78 is 114. The van der Waals surface area contributed by atoms with E-state index in [0.717, 1.165) is 74.7 Å². The number of anilines is 6. The minimum absolute atomic E-state index is 0.0263. The van der Waals surface area contributed by atoms with Gasteiger partial charge in [0.2, 0.25) is 23.8 Å². The fraction of sp³-hybridized carbons (Fsp3) is 0.531. The van der Waals surface area contributed by atoms with E-state index < -0.39 is 132 Å². The quantitative estimate of drug-likeness (QED) is 0.00746. The fourth-order valence-corrected chi connectivity index (χ4v) is 12.0. The summed E-state index contributed by atoms with van der Waals surface area (Å²) in [5.74, 6) is -5.79. The van der Waals surface area contributed by atoms with Crippen LogP contribution in [0.4, 0.5) is 71.1 Å². The maximum atomic E-state index is 13.1. The van der Waals surface area contributed by atoms with E-state index in [-0.39, 0.29) is 86.7 Å². The number of benzene rings is 4. The number of aliphatic carboxylic acids is 3. The van der Waals surface area contributed by atoms with E-state index in [1.807, 2.05) is 57.2 Å². The second-order valence-electron chi connectivity index (χ2n) is 31.8. The number of likely N-dealkylation sites (tertiary alicyclic amines) is 2. The van der Waals surface area contributed by atoms with Gasteiger partial charge < -0.3 is 107 Å². The van der Waals surface area contributed by atoms with Crippen molar-refractivity contribution in [2.24, 2.45) is 29.2 Å². The van der Waals surface area contributed by atoms with Gasteiger partial charge in [-0.3, -0.25) is 28.8 Å². The zero-order chi connectivity index (χ0) is 89.5. The maximum Gasteiger partial charge on any atom is 0.422 e. The van der Waals surface area contributed by atoms with Crippen molar-refractivity contribution in [3.05, 3.63) is 119 Å². The van der Waals surface area contributed by atoms with E-state index in [4.69, 9.17) is 49.7 Å². The second-order valence-corrected chi connectivity index (χ2v) is 31.8. The van der Waals surface area contributed by atoms with Crippen molar-refractivity contribution >= 4 is 83.0 Å². The van der Waals surface area contributed by atoms with Gasteiger partial charge in [0.15, 0.2) is 13.2 Å². The first-order valence-corrected chi connectivity index (χ1v) is 39.6. The van der Waals surface area contributed by atoms with Gasteiger partial charge in [-0.1, -0.05) is 56.4 Å². The smallest absolute Gasteiger partial charge is 0.422 e. The molecule has 3 fully saturated rings. The molecule has 668 valence electrons. The van der Waals surface area contributed by atoms with Gasteiger partial charge in [-0.25, -0.2) is 9.59 Å². The topological polar surface area (TPSA) is 482 Å². The van der Waals surface area contributed by atoms with Crippen LogP contribution in [0.15, 0.2) is 97.1 Å². The number of esters is 1. The van der Waals surface area contributed by atoms with Crippen LogP contribution in [0.1, 0.15) is 158 Å². The standard InChI is InChI=1S/C41H54F3N7O9.C30H37F3N8O5.C10H18N2O4/c1-39(2,3)59-32(52)12-10-8-7-9-11-21-57-29-19-13-26(14-20-29)22-45-35-48-36(50-37(49-35)58-25-41(42,43)44)46-28-17-15-27(16-18-28)33(53)47-31-24-51(23-30(31)34(54)55)38(56)60-40(4,5)6;31-30(32,33)18-46-29-40-27(36-15-19-5-11-22(12-6-19)45-14-4-2-1-3-13-34)39-28(41-29)37-21-9-7-20(8-10-21)25(42)38-24-17-35-16-23(24)26(43)44;1-10(2,3)16-9(15)12-4-6(8(13)14)7(11)5-12/h13-20,30-31H,7-12,21-25H2,1-6H3,(H,47,53)(H,54,55)(H2,45,46,48,49,50);5-12,23-24,35H,1-4,13-18,34H2,(H,38,42)(H,43,44)(H2,36,37,39,40,41);6-7H,4-5,11H2,1-3H3,(H,13,14)/t30-,31-;23-,24-;6-,7-/m000/s1. The van der Waals surface area contributed by atoms with Crippen LogP contribution in [0.3, 0.4) is 0 Å². The Morgan fingerprint density at radius 3 is 1.25 bits per heavy atom. The van der Waals surface area contributed by atoms with Crippen molar-refractivity contribution in [2.45, 2.75) is 187 Å². The number of ether oxygens (including phenoxy) is 7. The minimum atomic E-state index is -4.64. The molecule has 14 N–H and O–H groups in total. The fourth-order valence-electron chi connectivity index (χ4n) is 12.0. The van der Waals surface area contributed by atoms with E-state index >= 15 is 0 Å². The number of alkyl halides is 6. The predicted octanol–water partition coefficient (Wildman–Crippen LogP) is 11.0. The monoisotopic (exact) mass is 1720 g/mol. The highest BCUT2D eigenvalue weighted by Crippen LogP contribution is 2.28. The Balaban J connectivity index is 0.000000290. The first kappa shape index (κ1) is 97.2. The van der Waals surface area contributed by atoms with Gasteiger partial charge in [0.25, 0.3) is 11.8 Å². The van der Waals surface area contributed by atoms with Gasteiger partial charge in [0, 0.05) is 87.3 Å². The van der Waals surface area contributed by atoms with Gasteiger partial charge in [-0.15, -0.1) is 0 Å². The van der Waals surface area contributed by atoms with Gasteiger partial charge in [0.05, 0.1) is 43.1 Å². The number of nitrogens with one attached hydrogen (secondary N) is 7. The largest absolute Gasteiger partial charge is 0.494 e. The van der Waals surface area contributed by atoms with E-state index in [2.05, 4.69) is 67.1 Å². The molecular formula is C81H109F6N17O18. The lowest BCUT2D eigenvalue weighted by atomic mass is 10.0. The Kier molecular flexibility index (Phi) is 36.4. The highest BCUT2D eigenvalue weighted by atomic mass is 19.4. The molecule has 122 heavy (non-hydrogen) atoms. The van der Waals surface area contributed by atoms with Crippen LogP contribution >= 0.6 is 0 Å². The van der Waals surface area contributed by atoms with Crippen LogP contribution in [0.2, 0.25) is 0 Å². The number of carbonyl (C=O) groups excluding carboxylic acids is 5. The zero-order valence-electron chi connectivity index (χ0n) is 69.4. The van der Waals surface area contributed by atoms with E-state index in [9.17, 15) is 74.9 Å². The summed E-state index contributed by atoms with van der Waals surface area (Å²) in [5.41, 5.74) is 12.2. The van der Waals surface area contributed by atoms with Gasteiger partial charge in [0.1, 0.15) is 28.3 Å². The van der Waals surface area contributed by atoms with Crippen molar-refractivity contribution in [3.8, 4) is 23.5 Å². The van der Waals surface area contributed by atoms with Crippen molar-refractivity contribution in [1.82, 2.24) is 55.7 Å². The van der Waals surface area contributed by atoms with Crippen LogP contribution < -0.4 is 67.6 Å². The van der Waals surface area contributed by atoms with Crippen molar-refractivity contribution in [2.75, 3.05) is 93.5 Å². The van der Waals surface area contributed by atoms with Gasteiger partial charge in [-0.2, -0.15) is 56.2 Å². The molecule has 0 bridgehead atoms. The molecule has 0 radical (unpaired) electrons. The average molecular weight is 1720 g/mol. The highest BCUT2D eigenvalue weighted by Gasteiger charge is 2.43. The molecule has 3 aliphatic heterocycles. The van der Waals surface area contributed by atoms with E-state index in [1.54, 1.807) is 65.8 Å². The maximum absolute atomic E-state index is 13.1. The molecule has 6 atom stereocenters. The predicted molar refractivity (Wildman–Crippen MR) is 434 cm³/mol. The number of carboxylic acids is 3. The van der Waals surface area contributed by atoms with Crippen LogP contribution in [-0.4, -0.2) is 222 Å². The molecule has 3 aliphatic rings. The normalized spacial score (nSPS) is 17.1. The third-order valence-corrected chi connectivity index (χ3v) is 17.9. The number of nitrogens with zero attached hydrogens (tertiary/aromatic N) is 8. The van der Waals surface area contributed by atoms with E-state index in [1.165, 1.54) is 46.2 Å². The van der Waals surface area contributed by atoms with Crippen LogP contribution in [0, 0.1) is 17.8 Å². The molecule has 35 nitrogen and oxygen atoms in total. The lowest BCUT2D eigenvalue weighted by molar-refractivity contribution is -0.155. The van der Waals surface area contributed by atoms with Crippen LogP contribution in [0.25, 0.3) is 0 Å². The number of carbonyl (C=O) groups is 8. The molecule has 4 amide bonds. The second kappa shape index (κ2) is 45.7. The summed E-state index contributed by atoms with van der Waals surface area (Å²) in [6, 6.07) is 23.5. The number of carboxylic acid groups (broad SMARTS) is 3. The van der Waals surface area contributed by atoms with Gasteiger partial charge >= 0.3 is 60.4 Å². The number of nitrogens with two attached hydrogens (primary N) is 2. The number of rotatable bonds is 37. The molecule has 5 heterocycles. The summed E-state index contributed by atoms with van der Waals surface area (Å²) in [4.78, 5) is 123. The molecule has 3 saturated heterocycles. The molecular weight excluding hydrogens is 1610 g/mol. The Labute approximate surface area is 701 Å². The molecule has 0 spiro atoms. The Bertz CT molecular complexity index is 4390. The van der Waals surface area contributed by atoms with E-state index in [0.29, 0.717) is 49.8 Å². The average Bonchev–Trinajstić information content (AvgIpc) is 1.63. The first-order valence-electron chi connectivity index (χ1n) is 39.6. The Morgan fingerprint density at radius 2 is 0.844 bits per heavy atom. The van der Waals surface area contributed by atoms with Crippen molar-refractivity contribution in [3.63, 3.8) is 0 Å². The van der Waals surface area contributed by atoms with Crippen molar-refractivity contribution < 1.29 is 113 Å². The number of aromatic nitrogens is 6. The first-order chi connectivity index (χ1) is 57.4. The summed E-state index contributed by atoms with van der Waals surface area (Å²) in [7, 11) is 0. The number of hydrogen-bond acceptors (Lipinski definition) is 28. The zero-order valence-corrected chi connectivity index (χ0v) is 69.4. The number of amides is 4. The molecule has 0 unspecified atom stereocenters. The molecule has 2 aromatic heterocycles. The highest BCUT2D eigenvalue weighted by molar-refractivity contribution is 5.96. The third-order valence-electron chi connectivity index (χ3n) is 17.9. The number of unbranched alkanes of at least 4 members (excludes halogenated alkanes) is 7. The number of hydrogen-bond donors (Lipinski definition) is 12. The van der Waals surface area contributed by atoms with Gasteiger partial charge in [-0.05, 0) is 178 Å². The summed E-state index contributed by atoms with van der Waals surface area (Å²) in [6.07, 6.45) is -1.44. The molecule has 6 aromatic rings. The van der Waals surface area contributed by atoms with Crippen LogP contribution in [-0.2, 0) is 46.5 Å². The molecule has 41 heteroatoms. The summed E-state index contributed by atoms with van der Waals surface area (Å²) in [5, 5.41) is 48.0. The molecule has 9 rings (SSSR count). The summed E-state index contributed by atoms with van der Waals surface area (Å²) >= 11 is 0. The summed E-state index contributed by atoms with van der Waals surface area (Å²) in [6.45, 7) is 15.7. The number of halogens is 6. The lowest BCUT2D eigenvalue weighted by Gasteiger charge is -2.24. The molecule has 4 aromatic carbocycles. The Hall–Kier alpha value is -11.9. The molecule has 0 aliphatic carbocycles. The molecule has 0 saturated carbocycles. The SMILES string of the molecule is CC(C)(C)OC(=O)CCCCCCCOc1ccc(CNc2nc(Nc3ccc(C(=O)N[C@H]4CN(C(=O)OC(C)(C)C)C[C@@H]4C(=O)O)cc3)nc(OCC(F)(F)F)n2)cc1.CC(C)(C)OC(=O)N1C[C@H](C(=O)O)[C@@H](N)C1.NCCCCCCOc1ccc(CNc2nc(Nc3ccc(C(=O)N[C@H]4CNC[C@@H]4C(=O)O)cc3)nc(OCC(F)(F)F)n2)cc1. The van der Waals surface area contributed by atoms with Crippen molar-refractivity contribution in [1.29, 1.82) is 0 Å². The minimum Gasteiger partial charge on any atom is -0.494 e. The Morgan fingerprint density at radius 1 is 0.451 bits per heavy atom.